The average Bonchev–Trinajstić information content (AvgIpc) is 2.38. The molecule has 0 saturated heterocycles. The first-order valence-electron chi connectivity index (χ1n) is 5.56. The van der Waals surface area contributed by atoms with Gasteiger partial charge in [0.15, 0.2) is 5.60 Å². The minimum absolute atomic E-state index is 0.480. The van der Waals surface area contributed by atoms with Gasteiger partial charge in [-0.2, -0.15) is 0 Å². The lowest BCUT2D eigenvalue weighted by atomic mass is 9.94. The smallest absolute Gasteiger partial charge is 0.325 e. The quantitative estimate of drug-likeness (QED) is 0.822. The maximum atomic E-state index is 12.1. The van der Waals surface area contributed by atoms with E-state index in [1.165, 1.54) is 14.0 Å². The van der Waals surface area contributed by atoms with Crippen molar-refractivity contribution in [2.24, 2.45) is 0 Å². The van der Waals surface area contributed by atoms with E-state index in [-0.39, 0.29) is 0 Å². The van der Waals surface area contributed by atoms with Gasteiger partial charge in [-0.25, -0.2) is 0 Å². The second kappa shape index (κ2) is 5.64. The van der Waals surface area contributed by atoms with Crippen LogP contribution in [0.25, 0.3) is 0 Å². The molecule has 0 fully saturated rings. The monoisotopic (exact) mass is 251 g/mol. The molecule has 2 atom stereocenters. The minimum Gasteiger partial charge on any atom is -0.480 e. The molecule has 1 aromatic carbocycles. The second-order valence-corrected chi connectivity index (χ2v) is 4.14. The molecule has 0 aromatic heterocycles. The van der Waals surface area contributed by atoms with E-state index in [2.05, 4.69) is 5.32 Å². The number of methoxy groups -OCH3 is 1. The molecule has 0 aliphatic rings. The van der Waals surface area contributed by atoms with Gasteiger partial charge in [0.1, 0.15) is 6.04 Å². The number of rotatable bonds is 5. The highest BCUT2D eigenvalue weighted by Crippen LogP contribution is 2.24. The molecule has 0 heterocycles. The van der Waals surface area contributed by atoms with E-state index in [1.54, 1.807) is 31.2 Å². The summed E-state index contributed by atoms with van der Waals surface area (Å²) in [5.74, 6) is -1.57. The molecular weight excluding hydrogens is 234 g/mol. The number of hydrogen-bond donors (Lipinski definition) is 2. The van der Waals surface area contributed by atoms with Crippen LogP contribution in [0.5, 0.6) is 0 Å². The summed E-state index contributed by atoms with van der Waals surface area (Å²) in [5, 5.41) is 11.2. The van der Waals surface area contributed by atoms with Gasteiger partial charge < -0.3 is 15.2 Å². The first-order valence-corrected chi connectivity index (χ1v) is 5.56. The highest BCUT2D eigenvalue weighted by atomic mass is 16.5. The van der Waals surface area contributed by atoms with Crippen LogP contribution < -0.4 is 5.32 Å². The molecule has 0 aliphatic carbocycles. The minimum atomic E-state index is -1.20. The summed E-state index contributed by atoms with van der Waals surface area (Å²) in [7, 11) is 1.41. The molecule has 1 unspecified atom stereocenters. The molecule has 0 radical (unpaired) electrons. The third-order valence-corrected chi connectivity index (χ3v) is 2.88. The third-order valence-electron chi connectivity index (χ3n) is 2.88. The topological polar surface area (TPSA) is 75.6 Å². The fourth-order valence-electron chi connectivity index (χ4n) is 1.49. The lowest BCUT2D eigenvalue weighted by Gasteiger charge is -2.28. The van der Waals surface area contributed by atoms with Crippen LogP contribution in [0.15, 0.2) is 30.3 Å². The van der Waals surface area contributed by atoms with Crippen LogP contribution in [0.3, 0.4) is 0 Å². The SMILES string of the molecule is COC(C)(C(=O)N[C@@H](C)C(=O)O)c1ccccc1. The van der Waals surface area contributed by atoms with Crippen LogP contribution in [0, 0.1) is 0 Å². The van der Waals surface area contributed by atoms with Gasteiger partial charge in [-0.3, -0.25) is 9.59 Å². The van der Waals surface area contributed by atoms with Gasteiger partial charge >= 0.3 is 5.97 Å². The van der Waals surface area contributed by atoms with Crippen molar-refractivity contribution in [1.82, 2.24) is 5.32 Å². The van der Waals surface area contributed by atoms with Crippen molar-refractivity contribution in [2.45, 2.75) is 25.5 Å². The molecule has 18 heavy (non-hydrogen) atoms. The second-order valence-electron chi connectivity index (χ2n) is 4.14. The summed E-state index contributed by atoms with van der Waals surface area (Å²) in [4.78, 5) is 22.8. The molecule has 0 bridgehead atoms. The summed E-state index contributed by atoms with van der Waals surface area (Å²) in [5.41, 5.74) is -0.534. The zero-order valence-electron chi connectivity index (χ0n) is 10.6. The van der Waals surface area contributed by atoms with Gasteiger partial charge in [0.05, 0.1) is 0 Å². The molecule has 0 aliphatic heterocycles. The molecule has 0 saturated carbocycles. The summed E-state index contributed by atoms with van der Waals surface area (Å²) in [6.07, 6.45) is 0. The number of ether oxygens (including phenoxy) is 1. The van der Waals surface area contributed by atoms with E-state index in [0.717, 1.165) is 0 Å². The predicted octanol–water partition coefficient (Wildman–Crippen LogP) is 1.14. The highest BCUT2D eigenvalue weighted by molar-refractivity contribution is 5.89. The third kappa shape index (κ3) is 2.87. The van der Waals surface area contributed by atoms with Crippen LogP contribution in [0.4, 0.5) is 0 Å². The number of carboxylic acids is 1. The summed E-state index contributed by atoms with van der Waals surface area (Å²) in [6, 6.07) is 7.97. The van der Waals surface area contributed by atoms with Gasteiger partial charge in [0.25, 0.3) is 5.91 Å². The first-order chi connectivity index (χ1) is 8.41. The van der Waals surface area contributed by atoms with Gasteiger partial charge in [0.2, 0.25) is 0 Å². The fraction of sp³-hybridized carbons (Fsp3) is 0.385. The number of hydrogen-bond acceptors (Lipinski definition) is 3. The Bertz CT molecular complexity index is 432. The molecular formula is C13H17NO4. The number of amides is 1. The number of carbonyl (C=O) groups is 2. The number of nitrogens with one attached hydrogen (secondary N) is 1. The van der Waals surface area contributed by atoms with E-state index in [4.69, 9.17) is 9.84 Å². The van der Waals surface area contributed by atoms with Gasteiger partial charge in [0, 0.05) is 7.11 Å². The van der Waals surface area contributed by atoms with Crippen LogP contribution in [-0.2, 0) is 19.9 Å². The Morgan fingerprint density at radius 3 is 2.33 bits per heavy atom. The fourth-order valence-corrected chi connectivity index (χ4v) is 1.49. The average molecular weight is 251 g/mol. The summed E-state index contributed by atoms with van der Waals surface area (Å²) in [6.45, 7) is 3.01. The van der Waals surface area contributed by atoms with Gasteiger partial charge in [-0.15, -0.1) is 0 Å². The van der Waals surface area contributed by atoms with E-state index in [1.807, 2.05) is 6.07 Å². The van der Waals surface area contributed by atoms with Crippen molar-refractivity contribution in [1.29, 1.82) is 0 Å². The molecule has 1 aromatic rings. The lowest BCUT2D eigenvalue weighted by Crippen LogP contribution is -2.49. The first kappa shape index (κ1) is 14.2. The van der Waals surface area contributed by atoms with E-state index in [0.29, 0.717) is 5.56 Å². The molecule has 5 nitrogen and oxygen atoms in total. The molecule has 0 spiro atoms. The van der Waals surface area contributed by atoms with Crippen molar-refractivity contribution >= 4 is 11.9 Å². The summed E-state index contributed by atoms with van der Waals surface area (Å²) < 4.78 is 5.26. The van der Waals surface area contributed by atoms with E-state index in [9.17, 15) is 9.59 Å². The Morgan fingerprint density at radius 1 is 1.33 bits per heavy atom. The Labute approximate surface area is 106 Å². The lowest BCUT2D eigenvalue weighted by molar-refractivity contribution is -0.148. The Kier molecular flexibility index (Phi) is 4.44. The Hall–Kier alpha value is -1.88. The maximum absolute atomic E-state index is 12.1. The van der Waals surface area contributed by atoms with Crippen molar-refractivity contribution in [2.75, 3.05) is 7.11 Å². The van der Waals surface area contributed by atoms with E-state index >= 15 is 0 Å². The number of carboxylic acid groups (broad SMARTS) is 1. The number of benzene rings is 1. The van der Waals surface area contributed by atoms with Crippen molar-refractivity contribution in [3.8, 4) is 0 Å². The Morgan fingerprint density at radius 2 is 1.89 bits per heavy atom. The van der Waals surface area contributed by atoms with E-state index < -0.39 is 23.5 Å². The predicted molar refractivity (Wildman–Crippen MR) is 66.0 cm³/mol. The van der Waals surface area contributed by atoms with Crippen LogP contribution in [0.2, 0.25) is 0 Å². The van der Waals surface area contributed by atoms with Crippen molar-refractivity contribution < 1.29 is 19.4 Å². The largest absolute Gasteiger partial charge is 0.480 e. The number of carbonyl (C=O) groups excluding carboxylic acids is 1. The molecule has 98 valence electrons. The Balaban J connectivity index is 2.95. The normalized spacial score (nSPS) is 15.5. The standard InChI is InChI=1S/C13H17NO4/c1-9(11(15)16)14-12(17)13(2,18-3)10-7-5-4-6-8-10/h4-9H,1-3H3,(H,14,17)(H,15,16)/t9-,13?/m0/s1. The van der Waals surface area contributed by atoms with Crippen LogP contribution >= 0.6 is 0 Å². The van der Waals surface area contributed by atoms with Gasteiger partial charge in [-0.05, 0) is 19.4 Å². The van der Waals surface area contributed by atoms with Crippen molar-refractivity contribution in [3.63, 3.8) is 0 Å². The zero-order chi connectivity index (χ0) is 13.8. The molecule has 2 N–H and O–H groups in total. The van der Waals surface area contributed by atoms with Crippen molar-refractivity contribution in [3.05, 3.63) is 35.9 Å². The molecule has 1 amide bonds. The zero-order valence-corrected chi connectivity index (χ0v) is 10.6. The maximum Gasteiger partial charge on any atom is 0.325 e. The molecule has 5 heteroatoms. The van der Waals surface area contributed by atoms with Gasteiger partial charge in [-0.1, -0.05) is 30.3 Å². The highest BCUT2D eigenvalue weighted by Gasteiger charge is 2.36. The summed E-state index contributed by atoms with van der Waals surface area (Å²) >= 11 is 0. The van der Waals surface area contributed by atoms with Crippen LogP contribution in [-0.4, -0.2) is 30.1 Å². The molecule has 1 rings (SSSR count). The van der Waals surface area contributed by atoms with Crippen LogP contribution in [0.1, 0.15) is 19.4 Å². The number of aliphatic carboxylic acids is 1.